The first-order valence-corrected chi connectivity index (χ1v) is 1.28. The van der Waals surface area contributed by atoms with E-state index in [4.69, 9.17) is 5.11 Å². The van der Waals surface area contributed by atoms with Gasteiger partial charge in [0.05, 0.1) is 0 Å². The van der Waals surface area contributed by atoms with Crippen molar-refractivity contribution in [1.82, 2.24) is 0 Å². The quantitative estimate of drug-likeness (QED) is 0.511. The van der Waals surface area contributed by atoms with Crippen LogP contribution in [0.25, 0.3) is 0 Å². The van der Waals surface area contributed by atoms with Crippen LogP contribution in [0.15, 0.2) is 0 Å². The molecular formula is C3H5CrO2-. The van der Waals surface area contributed by atoms with E-state index in [0.29, 0.717) is 0 Å². The van der Waals surface area contributed by atoms with Gasteiger partial charge >= 0.3 is 0 Å². The van der Waals surface area contributed by atoms with E-state index in [1.807, 2.05) is 0 Å². The molecule has 0 spiro atoms. The summed E-state index contributed by atoms with van der Waals surface area (Å²) in [4.78, 5) is 9.31. The molecule has 6 heavy (non-hydrogen) atoms. The Bertz CT molecular complexity index is 44.1. The van der Waals surface area contributed by atoms with Crippen molar-refractivity contribution in [2.45, 2.75) is 6.42 Å². The monoisotopic (exact) mass is 125 g/mol. The van der Waals surface area contributed by atoms with E-state index in [9.17, 15) is 4.79 Å². The third-order valence-electron chi connectivity index (χ3n) is 0.214. The molecule has 0 aromatic carbocycles. The van der Waals surface area contributed by atoms with E-state index in [1.165, 1.54) is 0 Å². The summed E-state index contributed by atoms with van der Waals surface area (Å²) in [6.45, 7) is 3.09. The number of hydrogen-bond acceptors (Lipinski definition) is 1. The zero-order chi connectivity index (χ0) is 4.28. The third-order valence-corrected chi connectivity index (χ3v) is 0.214. The van der Waals surface area contributed by atoms with Crippen LogP contribution in [0.5, 0.6) is 0 Å². The zero-order valence-electron chi connectivity index (χ0n) is 3.18. The normalized spacial score (nSPS) is 6.17. The van der Waals surface area contributed by atoms with Gasteiger partial charge in [0.2, 0.25) is 0 Å². The number of aliphatic carboxylic acids is 1. The average Bonchev–Trinajstić information content (AvgIpc) is 1.38. The first-order chi connectivity index (χ1) is 2.27. The molecule has 1 N–H and O–H groups in total. The SMILES string of the molecule is [CH2-]CC(=O)O.[Cr]. The van der Waals surface area contributed by atoms with Crippen LogP contribution in [0.1, 0.15) is 6.42 Å². The maximum Gasteiger partial charge on any atom is 0.272 e. The van der Waals surface area contributed by atoms with Gasteiger partial charge in [-0.25, -0.2) is 0 Å². The van der Waals surface area contributed by atoms with Gasteiger partial charge in [0.15, 0.2) is 0 Å². The molecule has 3 heteroatoms. The Morgan fingerprint density at radius 3 is 2.00 bits per heavy atom. The smallest absolute Gasteiger partial charge is 0.272 e. The average molecular weight is 125 g/mol. The fraction of sp³-hybridized carbons (Fsp3) is 0.333. The van der Waals surface area contributed by atoms with Gasteiger partial charge in [-0.1, -0.05) is 6.42 Å². The summed E-state index contributed by atoms with van der Waals surface area (Å²) >= 11 is 0. The summed E-state index contributed by atoms with van der Waals surface area (Å²) < 4.78 is 0. The van der Waals surface area contributed by atoms with Crippen LogP contribution < -0.4 is 0 Å². The third kappa shape index (κ3) is 9.00. The van der Waals surface area contributed by atoms with Gasteiger partial charge in [0.1, 0.15) is 0 Å². The molecule has 0 aromatic heterocycles. The summed E-state index contributed by atoms with van der Waals surface area (Å²) in [5.41, 5.74) is 0. The van der Waals surface area contributed by atoms with Gasteiger partial charge < -0.3 is 12.0 Å². The second-order valence-electron chi connectivity index (χ2n) is 0.644. The molecule has 2 nitrogen and oxygen atoms in total. The Hall–Kier alpha value is 0.00247. The van der Waals surface area contributed by atoms with E-state index in [-0.39, 0.29) is 23.8 Å². The Balaban J connectivity index is 0. The van der Waals surface area contributed by atoms with Crippen molar-refractivity contribution in [2.75, 3.05) is 0 Å². The molecule has 0 aliphatic rings. The molecular weight excluding hydrogens is 120 g/mol. The minimum absolute atomic E-state index is 0. The van der Waals surface area contributed by atoms with Crippen molar-refractivity contribution in [3.63, 3.8) is 0 Å². The predicted octanol–water partition coefficient (Wildman–Crippen LogP) is 0.293. The molecule has 0 aliphatic carbocycles. The predicted molar refractivity (Wildman–Crippen MR) is 17.6 cm³/mol. The molecule has 0 aliphatic heterocycles. The van der Waals surface area contributed by atoms with Crippen molar-refractivity contribution < 1.29 is 27.3 Å². The zero-order valence-corrected chi connectivity index (χ0v) is 4.45. The molecule has 0 unspecified atom stereocenters. The van der Waals surface area contributed by atoms with Crippen LogP contribution in [0.4, 0.5) is 0 Å². The molecule has 0 heterocycles. The van der Waals surface area contributed by atoms with Crippen molar-refractivity contribution in [3.8, 4) is 0 Å². The molecule has 0 bridgehead atoms. The van der Waals surface area contributed by atoms with E-state index < -0.39 is 5.97 Å². The molecule has 36 valence electrons. The molecule has 0 saturated heterocycles. The second kappa shape index (κ2) is 5.00. The Morgan fingerprint density at radius 2 is 2.00 bits per heavy atom. The standard InChI is InChI=1S/C3H5O2.Cr/c1-2-3(4)5;/h1-2H2,(H,4,5);/q-1;. The maximum absolute atomic E-state index is 9.31. The molecule has 0 fully saturated rings. The van der Waals surface area contributed by atoms with Gasteiger partial charge in [-0.05, 0) is 0 Å². The van der Waals surface area contributed by atoms with Gasteiger partial charge in [0.25, 0.3) is 5.97 Å². The van der Waals surface area contributed by atoms with Crippen molar-refractivity contribution >= 4 is 5.97 Å². The minimum Gasteiger partial charge on any atom is -0.483 e. The maximum atomic E-state index is 9.31. The topological polar surface area (TPSA) is 37.3 Å². The van der Waals surface area contributed by atoms with Crippen LogP contribution in [0, 0.1) is 6.92 Å². The number of carboxylic acid groups (broad SMARTS) is 1. The largest absolute Gasteiger partial charge is 0.483 e. The van der Waals surface area contributed by atoms with E-state index in [1.54, 1.807) is 0 Å². The number of rotatable bonds is 1. The summed E-state index contributed by atoms with van der Waals surface area (Å²) in [5.74, 6) is -0.856. The molecule has 0 aromatic rings. The van der Waals surface area contributed by atoms with Crippen LogP contribution in [0.3, 0.4) is 0 Å². The number of carboxylic acids is 1. The van der Waals surface area contributed by atoms with Gasteiger partial charge in [-0.15, -0.1) is 0 Å². The first kappa shape index (κ1) is 9.38. The molecule has 0 saturated carbocycles. The number of carbonyl (C=O) groups is 1. The molecule has 0 atom stereocenters. The summed E-state index contributed by atoms with van der Waals surface area (Å²) in [7, 11) is 0. The fourth-order valence-electron chi connectivity index (χ4n) is 0. The molecule has 0 rings (SSSR count). The van der Waals surface area contributed by atoms with Crippen molar-refractivity contribution in [3.05, 3.63) is 6.92 Å². The van der Waals surface area contributed by atoms with Crippen molar-refractivity contribution in [1.29, 1.82) is 0 Å². The van der Waals surface area contributed by atoms with E-state index in [2.05, 4.69) is 6.92 Å². The molecule has 0 radical (unpaired) electrons. The van der Waals surface area contributed by atoms with Gasteiger partial charge in [-0.3, -0.25) is 4.79 Å². The summed E-state index contributed by atoms with van der Waals surface area (Å²) in [6, 6.07) is 0. The van der Waals surface area contributed by atoms with Crippen LogP contribution >= 0.6 is 0 Å². The first-order valence-electron chi connectivity index (χ1n) is 1.28. The Morgan fingerprint density at radius 1 is 1.83 bits per heavy atom. The van der Waals surface area contributed by atoms with Crippen LogP contribution in [-0.4, -0.2) is 11.1 Å². The minimum atomic E-state index is -0.856. The van der Waals surface area contributed by atoms with E-state index in [0.717, 1.165) is 0 Å². The summed E-state index contributed by atoms with van der Waals surface area (Å²) in [6.07, 6.45) is -0.0278. The second-order valence-corrected chi connectivity index (χ2v) is 0.644. The Kier molecular flexibility index (Phi) is 7.82. The molecule has 0 amide bonds. The van der Waals surface area contributed by atoms with Gasteiger partial charge in [-0.2, -0.15) is 0 Å². The van der Waals surface area contributed by atoms with Gasteiger partial charge in [0, 0.05) is 17.4 Å². The van der Waals surface area contributed by atoms with Crippen LogP contribution in [-0.2, 0) is 22.2 Å². The van der Waals surface area contributed by atoms with E-state index >= 15 is 0 Å². The summed E-state index contributed by atoms with van der Waals surface area (Å²) in [5, 5.41) is 7.66. The van der Waals surface area contributed by atoms with Crippen LogP contribution in [0.2, 0.25) is 0 Å². The number of hydrogen-bond donors (Lipinski definition) is 1. The Labute approximate surface area is 47.3 Å². The van der Waals surface area contributed by atoms with Crippen molar-refractivity contribution in [2.24, 2.45) is 0 Å². The fourth-order valence-corrected chi connectivity index (χ4v) is 0.